The lowest BCUT2D eigenvalue weighted by Crippen LogP contribution is -2.50. The van der Waals surface area contributed by atoms with E-state index in [9.17, 15) is 9.18 Å². The molecule has 1 aromatic carbocycles. The molecule has 2 aliphatic rings. The van der Waals surface area contributed by atoms with Crippen LogP contribution in [0.3, 0.4) is 0 Å². The number of carbonyl (C=O) groups excluding carboxylic acids is 1. The molecule has 1 aromatic rings. The fourth-order valence-electron chi connectivity index (χ4n) is 3.65. The molecule has 0 atom stereocenters. The predicted molar refractivity (Wildman–Crippen MR) is 130 cm³/mol. The van der Waals surface area contributed by atoms with E-state index >= 15 is 0 Å². The minimum absolute atomic E-state index is 0. The maximum absolute atomic E-state index is 13.0. The van der Waals surface area contributed by atoms with Crippen LogP contribution in [0.5, 0.6) is 0 Å². The molecule has 1 amide bonds. The Morgan fingerprint density at radius 2 is 1.83 bits per heavy atom. The van der Waals surface area contributed by atoms with E-state index in [1.165, 1.54) is 12.1 Å². The van der Waals surface area contributed by atoms with Gasteiger partial charge in [-0.25, -0.2) is 4.39 Å². The summed E-state index contributed by atoms with van der Waals surface area (Å²) in [6.45, 7) is 8.00. The summed E-state index contributed by atoms with van der Waals surface area (Å²) in [5, 5.41) is 3.37. The number of ether oxygens (including phenoxy) is 1. The molecule has 2 heterocycles. The largest absolute Gasteiger partial charge is 0.378 e. The van der Waals surface area contributed by atoms with Crippen LogP contribution in [0.2, 0.25) is 0 Å². The van der Waals surface area contributed by atoms with Crippen LogP contribution in [0.15, 0.2) is 34.2 Å². The number of nitrogens with zero attached hydrogens (tertiary/aromatic N) is 3. The van der Waals surface area contributed by atoms with E-state index in [4.69, 9.17) is 9.73 Å². The molecule has 0 radical (unpaired) electrons. The quantitative estimate of drug-likeness (QED) is 0.194. The maximum Gasteiger partial charge on any atom is 0.225 e. The molecule has 0 aliphatic carbocycles. The summed E-state index contributed by atoms with van der Waals surface area (Å²) in [7, 11) is 0. The molecule has 0 saturated carbocycles. The van der Waals surface area contributed by atoms with Crippen LogP contribution in [0.4, 0.5) is 4.39 Å². The number of benzene rings is 1. The van der Waals surface area contributed by atoms with Gasteiger partial charge in [-0.2, -0.15) is 0 Å². The summed E-state index contributed by atoms with van der Waals surface area (Å²) >= 11 is 1.68. The maximum atomic E-state index is 13.0. The van der Waals surface area contributed by atoms with E-state index in [0.29, 0.717) is 19.8 Å². The zero-order valence-corrected chi connectivity index (χ0v) is 20.7. The first-order valence-electron chi connectivity index (χ1n) is 10.5. The highest BCUT2D eigenvalue weighted by molar-refractivity contribution is 14.0. The van der Waals surface area contributed by atoms with Gasteiger partial charge < -0.3 is 19.9 Å². The molecule has 2 aliphatic heterocycles. The standard InChI is InChI=1S/C21H31FN4O2S.HI/c1-2-23-21(24-9-16-29-19-5-3-18(22)4-6-19)26-10-7-17(8-11-26)20(27)25-12-14-28-15-13-25;/h3-6,17H,2,7-16H2,1H3,(H,23,24);1H. The number of rotatable bonds is 6. The van der Waals surface area contributed by atoms with Gasteiger partial charge in [-0.1, -0.05) is 0 Å². The average molecular weight is 550 g/mol. The van der Waals surface area contributed by atoms with Crippen LogP contribution in [0.1, 0.15) is 19.8 Å². The van der Waals surface area contributed by atoms with Crippen LogP contribution in [-0.4, -0.2) is 79.9 Å². The van der Waals surface area contributed by atoms with E-state index in [-0.39, 0.29) is 41.6 Å². The fraction of sp³-hybridized carbons (Fsp3) is 0.619. The molecule has 6 nitrogen and oxygen atoms in total. The van der Waals surface area contributed by atoms with E-state index in [1.54, 1.807) is 23.9 Å². The lowest BCUT2D eigenvalue weighted by atomic mass is 9.95. The Morgan fingerprint density at radius 1 is 1.17 bits per heavy atom. The molecule has 0 spiro atoms. The number of amides is 1. The Hall–Kier alpha value is -1.07. The topological polar surface area (TPSA) is 57.2 Å². The van der Waals surface area contributed by atoms with Gasteiger partial charge in [-0.3, -0.25) is 9.79 Å². The van der Waals surface area contributed by atoms with Crippen molar-refractivity contribution < 1.29 is 13.9 Å². The number of hydrogen-bond acceptors (Lipinski definition) is 4. The molecule has 2 saturated heterocycles. The van der Waals surface area contributed by atoms with Crippen molar-refractivity contribution >= 4 is 47.6 Å². The first-order chi connectivity index (χ1) is 14.2. The normalized spacial score (nSPS) is 18.1. The molecule has 0 unspecified atom stereocenters. The lowest BCUT2D eigenvalue weighted by molar-refractivity contribution is -0.140. The fourth-order valence-corrected chi connectivity index (χ4v) is 4.40. The van der Waals surface area contributed by atoms with Crippen molar-refractivity contribution in [3.05, 3.63) is 30.1 Å². The van der Waals surface area contributed by atoms with Crippen molar-refractivity contribution in [3.63, 3.8) is 0 Å². The summed E-state index contributed by atoms with van der Waals surface area (Å²) in [6, 6.07) is 6.56. The van der Waals surface area contributed by atoms with Crippen molar-refractivity contribution in [3.8, 4) is 0 Å². The Kier molecular flexibility index (Phi) is 11.2. The van der Waals surface area contributed by atoms with Crippen LogP contribution >= 0.6 is 35.7 Å². The summed E-state index contributed by atoms with van der Waals surface area (Å²) in [5.74, 6) is 1.95. The molecule has 2 fully saturated rings. The predicted octanol–water partition coefficient (Wildman–Crippen LogP) is 3.07. The molecule has 1 N–H and O–H groups in total. The van der Waals surface area contributed by atoms with Crippen molar-refractivity contribution in [2.45, 2.75) is 24.7 Å². The number of thioether (sulfide) groups is 1. The van der Waals surface area contributed by atoms with Crippen LogP contribution in [0.25, 0.3) is 0 Å². The smallest absolute Gasteiger partial charge is 0.225 e. The van der Waals surface area contributed by atoms with E-state index in [0.717, 1.165) is 62.2 Å². The number of nitrogens with one attached hydrogen (secondary N) is 1. The third-order valence-corrected chi connectivity index (χ3v) is 6.23. The molecular weight excluding hydrogens is 518 g/mol. The molecule has 0 aromatic heterocycles. The Labute approximate surface area is 200 Å². The van der Waals surface area contributed by atoms with E-state index < -0.39 is 0 Å². The minimum Gasteiger partial charge on any atom is -0.378 e. The van der Waals surface area contributed by atoms with Gasteiger partial charge in [0, 0.05) is 49.3 Å². The van der Waals surface area contributed by atoms with Gasteiger partial charge >= 0.3 is 0 Å². The van der Waals surface area contributed by atoms with Gasteiger partial charge in [0.25, 0.3) is 0 Å². The minimum atomic E-state index is -0.211. The third-order valence-electron chi connectivity index (χ3n) is 5.24. The van der Waals surface area contributed by atoms with E-state index in [1.807, 2.05) is 4.90 Å². The third kappa shape index (κ3) is 7.56. The number of likely N-dealkylation sites (tertiary alicyclic amines) is 1. The number of halogens is 2. The monoisotopic (exact) mass is 550 g/mol. The first kappa shape index (κ1) is 25.2. The van der Waals surface area contributed by atoms with Crippen molar-refractivity contribution in [2.75, 3.05) is 58.2 Å². The van der Waals surface area contributed by atoms with Crippen molar-refractivity contribution in [1.29, 1.82) is 0 Å². The Bertz CT molecular complexity index is 678. The molecule has 30 heavy (non-hydrogen) atoms. The summed E-state index contributed by atoms with van der Waals surface area (Å²) in [4.78, 5) is 22.7. The van der Waals surface area contributed by atoms with Crippen LogP contribution in [0, 0.1) is 11.7 Å². The second kappa shape index (κ2) is 13.4. The molecular formula is C21H32FIN4O2S. The van der Waals surface area contributed by atoms with Gasteiger partial charge in [0.1, 0.15) is 5.82 Å². The van der Waals surface area contributed by atoms with Gasteiger partial charge in [-0.05, 0) is 44.0 Å². The second-order valence-electron chi connectivity index (χ2n) is 7.24. The number of guanidine groups is 1. The zero-order chi connectivity index (χ0) is 20.5. The molecule has 9 heteroatoms. The second-order valence-corrected chi connectivity index (χ2v) is 8.41. The average Bonchev–Trinajstić information content (AvgIpc) is 2.77. The van der Waals surface area contributed by atoms with Crippen LogP contribution < -0.4 is 5.32 Å². The highest BCUT2D eigenvalue weighted by Crippen LogP contribution is 2.21. The number of hydrogen-bond donors (Lipinski definition) is 1. The van der Waals surface area contributed by atoms with Gasteiger partial charge in [0.2, 0.25) is 5.91 Å². The van der Waals surface area contributed by atoms with Gasteiger partial charge in [-0.15, -0.1) is 35.7 Å². The first-order valence-corrected chi connectivity index (χ1v) is 11.4. The van der Waals surface area contributed by atoms with Crippen LogP contribution in [-0.2, 0) is 9.53 Å². The summed E-state index contributed by atoms with van der Waals surface area (Å²) in [5.41, 5.74) is 0. The van der Waals surface area contributed by atoms with Gasteiger partial charge in [0.15, 0.2) is 5.96 Å². The SMILES string of the molecule is CCNC(=NCCSc1ccc(F)cc1)N1CCC(C(=O)N2CCOCC2)CC1.I. The summed E-state index contributed by atoms with van der Waals surface area (Å²) < 4.78 is 18.3. The summed E-state index contributed by atoms with van der Waals surface area (Å²) in [6.07, 6.45) is 1.73. The number of piperidine rings is 1. The number of aliphatic imine (C=N–C) groups is 1. The highest BCUT2D eigenvalue weighted by atomic mass is 127. The van der Waals surface area contributed by atoms with Crippen molar-refractivity contribution in [1.82, 2.24) is 15.1 Å². The molecule has 3 rings (SSSR count). The van der Waals surface area contributed by atoms with E-state index in [2.05, 4.69) is 17.1 Å². The molecule has 0 bridgehead atoms. The zero-order valence-electron chi connectivity index (χ0n) is 17.5. The number of morpholine rings is 1. The number of carbonyl (C=O) groups is 1. The Balaban J connectivity index is 0.00000320. The molecule has 168 valence electrons. The van der Waals surface area contributed by atoms with Gasteiger partial charge in [0.05, 0.1) is 19.8 Å². The van der Waals surface area contributed by atoms with Crippen molar-refractivity contribution in [2.24, 2.45) is 10.9 Å². The Morgan fingerprint density at radius 3 is 2.47 bits per heavy atom. The highest BCUT2D eigenvalue weighted by Gasteiger charge is 2.30. The lowest BCUT2D eigenvalue weighted by Gasteiger charge is -2.36.